The fraction of sp³-hybridized carbons (Fsp3) is 0.167. The molecule has 6 heteroatoms. The molecule has 0 spiro atoms. The standard InChI is InChI=1S/C6H7N3OS2/c1-3(5(7)10)11-6-9-8-4(2)12-6/h1H2,2H3,(H2,7,10). The predicted octanol–water partition coefficient (Wildman–Crippen LogP) is 0.938. The molecule has 0 fully saturated rings. The van der Waals surface area contributed by atoms with Gasteiger partial charge in [0.1, 0.15) is 5.01 Å². The number of thioether (sulfide) groups is 1. The summed E-state index contributed by atoms with van der Waals surface area (Å²) in [5, 5.41) is 8.44. The number of primary amides is 1. The number of carbonyl (C=O) groups excluding carboxylic acids is 1. The molecule has 1 aromatic rings. The first-order valence-corrected chi connectivity index (χ1v) is 4.69. The smallest absolute Gasteiger partial charge is 0.254 e. The Kier molecular flexibility index (Phi) is 2.83. The van der Waals surface area contributed by atoms with Gasteiger partial charge in [0.2, 0.25) is 0 Å². The third-order valence-corrected chi connectivity index (χ3v) is 2.83. The van der Waals surface area contributed by atoms with Crippen molar-refractivity contribution in [3.8, 4) is 0 Å². The Hall–Kier alpha value is -0.880. The van der Waals surface area contributed by atoms with Gasteiger partial charge in [-0.15, -0.1) is 10.2 Å². The van der Waals surface area contributed by atoms with E-state index < -0.39 is 5.91 Å². The monoisotopic (exact) mass is 201 g/mol. The summed E-state index contributed by atoms with van der Waals surface area (Å²) in [7, 11) is 0. The first-order valence-electron chi connectivity index (χ1n) is 3.06. The second kappa shape index (κ2) is 3.68. The van der Waals surface area contributed by atoms with Gasteiger partial charge in [0.05, 0.1) is 4.91 Å². The number of hydrogen-bond acceptors (Lipinski definition) is 5. The van der Waals surface area contributed by atoms with Crippen LogP contribution in [0.4, 0.5) is 0 Å². The van der Waals surface area contributed by atoms with Crippen LogP contribution < -0.4 is 5.73 Å². The van der Waals surface area contributed by atoms with E-state index in [1.54, 1.807) is 0 Å². The molecule has 12 heavy (non-hydrogen) atoms. The van der Waals surface area contributed by atoms with Crippen molar-refractivity contribution >= 4 is 29.0 Å². The first-order chi connectivity index (χ1) is 5.59. The van der Waals surface area contributed by atoms with Crippen molar-refractivity contribution in [3.05, 3.63) is 16.5 Å². The van der Waals surface area contributed by atoms with Gasteiger partial charge >= 0.3 is 0 Å². The van der Waals surface area contributed by atoms with Crippen molar-refractivity contribution in [1.29, 1.82) is 0 Å². The molecule has 0 atom stereocenters. The van der Waals surface area contributed by atoms with Crippen molar-refractivity contribution in [2.75, 3.05) is 0 Å². The summed E-state index contributed by atoms with van der Waals surface area (Å²) >= 11 is 2.55. The minimum absolute atomic E-state index is 0.283. The molecule has 2 N–H and O–H groups in total. The molecule has 1 rings (SSSR count). The summed E-state index contributed by atoms with van der Waals surface area (Å²) in [5.74, 6) is -0.521. The van der Waals surface area contributed by atoms with E-state index in [1.165, 1.54) is 11.3 Å². The second-order valence-corrected chi connectivity index (χ2v) is 4.50. The molecule has 0 aromatic carbocycles. The number of carbonyl (C=O) groups is 1. The molecule has 0 aliphatic rings. The predicted molar refractivity (Wildman–Crippen MR) is 48.8 cm³/mol. The van der Waals surface area contributed by atoms with Crippen LogP contribution in [-0.4, -0.2) is 16.1 Å². The summed E-state index contributed by atoms with van der Waals surface area (Å²) in [6.07, 6.45) is 0. The highest BCUT2D eigenvalue weighted by Crippen LogP contribution is 2.27. The number of amides is 1. The van der Waals surface area contributed by atoms with E-state index in [1.807, 2.05) is 6.92 Å². The highest BCUT2D eigenvalue weighted by molar-refractivity contribution is 8.05. The van der Waals surface area contributed by atoms with E-state index in [2.05, 4.69) is 16.8 Å². The van der Waals surface area contributed by atoms with Crippen LogP contribution in [0.2, 0.25) is 0 Å². The van der Waals surface area contributed by atoms with Crippen molar-refractivity contribution in [1.82, 2.24) is 10.2 Å². The highest BCUT2D eigenvalue weighted by Gasteiger charge is 2.07. The van der Waals surface area contributed by atoms with Crippen molar-refractivity contribution in [2.45, 2.75) is 11.3 Å². The molecule has 1 aromatic heterocycles. The maximum absolute atomic E-state index is 10.6. The lowest BCUT2D eigenvalue weighted by Crippen LogP contribution is -2.10. The fourth-order valence-corrected chi connectivity index (χ4v) is 2.11. The average molecular weight is 201 g/mol. The quantitative estimate of drug-likeness (QED) is 0.583. The van der Waals surface area contributed by atoms with Crippen LogP contribution >= 0.6 is 23.1 Å². The van der Waals surface area contributed by atoms with E-state index in [-0.39, 0.29) is 4.91 Å². The lowest BCUT2D eigenvalue weighted by Gasteiger charge is -1.93. The lowest BCUT2D eigenvalue weighted by molar-refractivity contribution is -0.113. The topological polar surface area (TPSA) is 68.9 Å². The van der Waals surface area contributed by atoms with Crippen LogP contribution in [0.5, 0.6) is 0 Å². The molecule has 0 aliphatic heterocycles. The Labute approximate surface area is 77.9 Å². The Bertz CT molecular complexity index is 320. The summed E-state index contributed by atoms with van der Waals surface area (Å²) < 4.78 is 0.691. The Morgan fingerprint density at radius 1 is 1.67 bits per heavy atom. The van der Waals surface area contributed by atoms with Crippen LogP contribution in [-0.2, 0) is 4.79 Å². The molecule has 4 nitrogen and oxygen atoms in total. The first kappa shape index (κ1) is 9.21. The Morgan fingerprint density at radius 3 is 2.75 bits per heavy atom. The molecule has 0 aliphatic carbocycles. The maximum Gasteiger partial charge on any atom is 0.254 e. The number of nitrogens with zero attached hydrogens (tertiary/aromatic N) is 2. The molecule has 0 bridgehead atoms. The van der Waals surface area contributed by atoms with E-state index >= 15 is 0 Å². The molecule has 1 heterocycles. The zero-order valence-electron chi connectivity index (χ0n) is 6.40. The third kappa shape index (κ3) is 2.31. The minimum atomic E-state index is -0.521. The van der Waals surface area contributed by atoms with Crippen molar-refractivity contribution in [3.63, 3.8) is 0 Å². The van der Waals surface area contributed by atoms with Gasteiger partial charge in [-0.05, 0) is 6.92 Å². The van der Waals surface area contributed by atoms with Gasteiger partial charge < -0.3 is 5.73 Å². The molecule has 0 unspecified atom stereocenters. The molecule has 1 amide bonds. The number of aromatic nitrogens is 2. The number of hydrogen-bond donors (Lipinski definition) is 1. The zero-order chi connectivity index (χ0) is 9.14. The van der Waals surface area contributed by atoms with E-state index in [9.17, 15) is 4.79 Å². The molecular formula is C6H7N3OS2. The molecular weight excluding hydrogens is 194 g/mol. The number of aryl methyl sites for hydroxylation is 1. The summed E-state index contributed by atoms with van der Waals surface area (Å²) in [4.78, 5) is 10.9. The molecule has 64 valence electrons. The van der Waals surface area contributed by atoms with Gasteiger partial charge in [-0.2, -0.15) is 0 Å². The van der Waals surface area contributed by atoms with Gasteiger partial charge in [-0.1, -0.05) is 29.7 Å². The average Bonchev–Trinajstić information content (AvgIpc) is 2.35. The normalized spacial score (nSPS) is 9.75. The largest absolute Gasteiger partial charge is 0.365 e. The second-order valence-electron chi connectivity index (χ2n) is 1.98. The van der Waals surface area contributed by atoms with Crippen LogP contribution in [0.1, 0.15) is 5.01 Å². The zero-order valence-corrected chi connectivity index (χ0v) is 8.04. The van der Waals surface area contributed by atoms with Crippen LogP contribution in [0.15, 0.2) is 15.8 Å². The van der Waals surface area contributed by atoms with Gasteiger partial charge in [0.25, 0.3) is 5.91 Å². The highest BCUT2D eigenvalue weighted by atomic mass is 32.2. The van der Waals surface area contributed by atoms with Gasteiger partial charge in [0, 0.05) is 0 Å². The van der Waals surface area contributed by atoms with E-state index in [0.29, 0.717) is 4.34 Å². The summed E-state index contributed by atoms with van der Waals surface area (Å²) in [6.45, 7) is 5.33. The summed E-state index contributed by atoms with van der Waals surface area (Å²) in [6, 6.07) is 0. The molecule has 0 saturated heterocycles. The Morgan fingerprint density at radius 2 is 2.33 bits per heavy atom. The molecule has 0 saturated carbocycles. The van der Waals surface area contributed by atoms with Crippen molar-refractivity contribution < 1.29 is 4.79 Å². The van der Waals surface area contributed by atoms with E-state index in [4.69, 9.17) is 5.73 Å². The van der Waals surface area contributed by atoms with Crippen LogP contribution in [0.25, 0.3) is 0 Å². The van der Waals surface area contributed by atoms with Crippen LogP contribution in [0, 0.1) is 6.92 Å². The fourth-order valence-electron chi connectivity index (χ4n) is 0.475. The van der Waals surface area contributed by atoms with Crippen LogP contribution in [0.3, 0.4) is 0 Å². The Balaban J connectivity index is 2.64. The van der Waals surface area contributed by atoms with Gasteiger partial charge in [-0.25, -0.2) is 0 Å². The summed E-state index contributed by atoms with van der Waals surface area (Å²) in [5.41, 5.74) is 4.99. The lowest BCUT2D eigenvalue weighted by atomic mass is 10.6. The van der Waals surface area contributed by atoms with E-state index in [0.717, 1.165) is 16.8 Å². The number of nitrogens with two attached hydrogens (primary N) is 1. The third-order valence-electron chi connectivity index (χ3n) is 0.993. The van der Waals surface area contributed by atoms with Gasteiger partial charge in [0.15, 0.2) is 4.34 Å². The van der Waals surface area contributed by atoms with Crippen molar-refractivity contribution in [2.24, 2.45) is 5.73 Å². The molecule has 0 radical (unpaired) electrons. The number of rotatable bonds is 3. The maximum atomic E-state index is 10.6. The van der Waals surface area contributed by atoms with Gasteiger partial charge in [-0.3, -0.25) is 4.79 Å². The minimum Gasteiger partial charge on any atom is -0.365 e. The SMILES string of the molecule is C=C(Sc1nnc(C)s1)C(N)=O.